The van der Waals surface area contributed by atoms with Crippen LogP contribution in [0.4, 0.5) is 0 Å². The zero-order chi connectivity index (χ0) is 18.9. The molecule has 0 atom stereocenters. The minimum atomic E-state index is 0.691. The van der Waals surface area contributed by atoms with E-state index in [0.717, 1.165) is 12.0 Å². The first-order valence-corrected chi connectivity index (χ1v) is 10.5. The summed E-state index contributed by atoms with van der Waals surface area (Å²) in [4.78, 5) is 5.99. The number of likely N-dealkylation sites (tertiary alicyclic amines) is 1. The summed E-state index contributed by atoms with van der Waals surface area (Å²) in [6, 6.07) is 15.4. The maximum absolute atomic E-state index is 5.80. The second-order valence-electron chi connectivity index (χ2n) is 8.22. The molecule has 1 saturated heterocycles. The number of nitrogens with zero attached hydrogens (tertiary/aromatic N) is 1. The van der Waals surface area contributed by atoms with Gasteiger partial charge < -0.3 is 14.3 Å². The van der Waals surface area contributed by atoms with Crippen LogP contribution in [0.15, 0.2) is 59.3 Å². The normalized spacial score (nSPS) is 16.3. The van der Waals surface area contributed by atoms with E-state index in [1.54, 1.807) is 0 Å². The molecule has 1 aliphatic rings. The van der Waals surface area contributed by atoms with E-state index in [1.807, 2.05) is 6.26 Å². The summed E-state index contributed by atoms with van der Waals surface area (Å²) in [7, 11) is 0. The Labute approximate surface area is 166 Å². The number of rotatable bonds is 5. The molecule has 2 aromatic carbocycles. The first-order valence-electron chi connectivity index (χ1n) is 10.5. The van der Waals surface area contributed by atoms with Gasteiger partial charge in [0.05, 0.1) is 6.26 Å². The average Bonchev–Trinajstić information content (AvgIpc) is 3.36. The molecule has 1 aliphatic heterocycles. The molecule has 1 N–H and O–H groups in total. The van der Waals surface area contributed by atoms with Crippen molar-refractivity contribution in [1.82, 2.24) is 9.88 Å². The lowest BCUT2D eigenvalue weighted by Crippen LogP contribution is -2.33. The standard InChI is InChI=1S/C25H28N2O/c1-18-5-2-8-22-20(17-28-25(18)22)6-4-14-27-15-11-19(12-16-27)21-7-3-9-24-23(21)10-13-26-24/h2-3,5,7-10,13,17,19,26H,4,6,11-12,14-16H2,1H3. The Hall–Kier alpha value is -2.52. The number of aryl methyl sites for hydroxylation is 2. The molecule has 0 radical (unpaired) electrons. The van der Waals surface area contributed by atoms with Gasteiger partial charge in [0.1, 0.15) is 5.58 Å². The van der Waals surface area contributed by atoms with Gasteiger partial charge in [0.25, 0.3) is 0 Å². The van der Waals surface area contributed by atoms with Crippen LogP contribution >= 0.6 is 0 Å². The Morgan fingerprint density at radius 2 is 1.89 bits per heavy atom. The van der Waals surface area contributed by atoms with E-state index in [1.165, 1.54) is 71.9 Å². The van der Waals surface area contributed by atoms with Gasteiger partial charge in [0.15, 0.2) is 0 Å². The molecule has 0 amide bonds. The summed E-state index contributed by atoms with van der Waals surface area (Å²) in [6.45, 7) is 5.71. The summed E-state index contributed by atoms with van der Waals surface area (Å²) in [5.74, 6) is 0.691. The van der Waals surface area contributed by atoms with Crippen LogP contribution in [0.5, 0.6) is 0 Å². The van der Waals surface area contributed by atoms with Crippen molar-refractivity contribution in [3.05, 3.63) is 71.6 Å². The zero-order valence-corrected chi connectivity index (χ0v) is 16.6. The maximum atomic E-state index is 5.80. The van der Waals surface area contributed by atoms with E-state index >= 15 is 0 Å². The molecule has 5 rings (SSSR count). The number of H-pyrrole nitrogens is 1. The molecule has 0 saturated carbocycles. The number of hydrogen-bond donors (Lipinski definition) is 1. The van der Waals surface area contributed by atoms with E-state index in [9.17, 15) is 0 Å². The summed E-state index contributed by atoms with van der Waals surface area (Å²) in [5, 5.41) is 2.70. The summed E-state index contributed by atoms with van der Waals surface area (Å²) < 4.78 is 5.80. The van der Waals surface area contributed by atoms with Gasteiger partial charge in [-0.2, -0.15) is 0 Å². The number of aromatic nitrogens is 1. The first kappa shape index (κ1) is 17.6. The zero-order valence-electron chi connectivity index (χ0n) is 16.6. The van der Waals surface area contributed by atoms with Gasteiger partial charge >= 0.3 is 0 Å². The Kier molecular flexibility index (Phi) is 4.69. The number of para-hydroxylation sites is 1. The fourth-order valence-electron chi connectivity index (χ4n) is 4.88. The highest BCUT2D eigenvalue weighted by molar-refractivity contribution is 5.84. The number of furan rings is 1. The van der Waals surface area contributed by atoms with Gasteiger partial charge in [-0.05, 0) is 87.0 Å². The summed E-state index contributed by atoms with van der Waals surface area (Å²) in [6.07, 6.45) is 8.84. The van der Waals surface area contributed by atoms with Gasteiger partial charge in [-0.1, -0.05) is 30.3 Å². The second kappa shape index (κ2) is 7.48. The molecule has 144 valence electrons. The van der Waals surface area contributed by atoms with Gasteiger partial charge in [-0.25, -0.2) is 0 Å². The lowest BCUT2D eigenvalue weighted by molar-refractivity contribution is 0.211. The van der Waals surface area contributed by atoms with Crippen molar-refractivity contribution in [3.63, 3.8) is 0 Å². The predicted octanol–water partition coefficient (Wildman–Crippen LogP) is 6.03. The Morgan fingerprint density at radius 3 is 2.79 bits per heavy atom. The van der Waals surface area contributed by atoms with Crippen molar-refractivity contribution < 1.29 is 4.42 Å². The van der Waals surface area contributed by atoms with Gasteiger partial charge in [-0.15, -0.1) is 0 Å². The van der Waals surface area contributed by atoms with Crippen LogP contribution in [0.2, 0.25) is 0 Å². The van der Waals surface area contributed by atoms with Crippen LogP contribution in [-0.4, -0.2) is 29.5 Å². The average molecular weight is 373 g/mol. The van der Waals surface area contributed by atoms with Gasteiger partial charge in [0, 0.05) is 22.5 Å². The second-order valence-corrected chi connectivity index (χ2v) is 8.22. The monoisotopic (exact) mass is 372 g/mol. The first-order chi connectivity index (χ1) is 13.8. The molecule has 0 unspecified atom stereocenters. The Morgan fingerprint density at radius 1 is 1.04 bits per heavy atom. The third-order valence-electron chi connectivity index (χ3n) is 6.45. The fraction of sp³-hybridized carbons (Fsp3) is 0.360. The summed E-state index contributed by atoms with van der Waals surface area (Å²) in [5.41, 5.74) is 6.43. The maximum Gasteiger partial charge on any atom is 0.137 e. The van der Waals surface area contributed by atoms with Crippen molar-refractivity contribution in [2.75, 3.05) is 19.6 Å². The van der Waals surface area contributed by atoms with Crippen molar-refractivity contribution in [2.45, 2.75) is 38.5 Å². The number of piperidine rings is 1. The van der Waals surface area contributed by atoms with Gasteiger partial charge in [0.2, 0.25) is 0 Å². The molecule has 0 spiro atoms. The number of aromatic amines is 1. The quantitative estimate of drug-likeness (QED) is 0.463. The fourth-order valence-corrected chi connectivity index (χ4v) is 4.88. The SMILES string of the molecule is Cc1cccc2c(CCCN3CCC(c4cccc5[nH]ccc45)CC3)coc12. The molecule has 0 bridgehead atoms. The molecule has 1 fully saturated rings. The molecule has 4 aromatic rings. The highest BCUT2D eigenvalue weighted by atomic mass is 16.3. The molecular weight excluding hydrogens is 344 g/mol. The number of nitrogens with one attached hydrogen (secondary N) is 1. The molecule has 28 heavy (non-hydrogen) atoms. The third-order valence-corrected chi connectivity index (χ3v) is 6.45. The Bertz CT molecular complexity index is 1080. The van der Waals surface area contributed by atoms with Crippen molar-refractivity contribution in [3.8, 4) is 0 Å². The number of benzene rings is 2. The van der Waals surface area contributed by atoms with Crippen LogP contribution in [0.25, 0.3) is 21.9 Å². The van der Waals surface area contributed by atoms with Crippen LogP contribution in [0, 0.1) is 6.92 Å². The van der Waals surface area contributed by atoms with Crippen LogP contribution in [0.1, 0.15) is 41.9 Å². The van der Waals surface area contributed by atoms with Crippen LogP contribution in [-0.2, 0) is 6.42 Å². The third kappa shape index (κ3) is 3.24. The van der Waals surface area contributed by atoms with E-state index in [-0.39, 0.29) is 0 Å². The predicted molar refractivity (Wildman–Crippen MR) is 116 cm³/mol. The van der Waals surface area contributed by atoms with Crippen LogP contribution < -0.4 is 0 Å². The van der Waals surface area contributed by atoms with Crippen molar-refractivity contribution in [1.29, 1.82) is 0 Å². The molecule has 3 heterocycles. The summed E-state index contributed by atoms with van der Waals surface area (Å²) >= 11 is 0. The molecular formula is C25H28N2O. The minimum absolute atomic E-state index is 0.691. The van der Waals surface area contributed by atoms with Gasteiger partial charge in [-0.3, -0.25) is 0 Å². The lowest BCUT2D eigenvalue weighted by atomic mass is 9.87. The van der Waals surface area contributed by atoms with Crippen molar-refractivity contribution >= 4 is 21.9 Å². The van der Waals surface area contributed by atoms with E-state index in [2.05, 4.69) is 65.5 Å². The minimum Gasteiger partial charge on any atom is -0.464 e. The topological polar surface area (TPSA) is 32.2 Å². The lowest BCUT2D eigenvalue weighted by Gasteiger charge is -2.32. The molecule has 0 aliphatic carbocycles. The number of fused-ring (bicyclic) bond motifs is 2. The highest BCUT2D eigenvalue weighted by Gasteiger charge is 2.22. The number of hydrogen-bond acceptors (Lipinski definition) is 2. The smallest absolute Gasteiger partial charge is 0.137 e. The highest BCUT2D eigenvalue weighted by Crippen LogP contribution is 2.33. The largest absolute Gasteiger partial charge is 0.464 e. The van der Waals surface area contributed by atoms with Crippen LogP contribution in [0.3, 0.4) is 0 Å². The van der Waals surface area contributed by atoms with Crippen molar-refractivity contribution in [2.24, 2.45) is 0 Å². The van der Waals surface area contributed by atoms with E-state index < -0.39 is 0 Å². The van der Waals surface area contributed by atoms with E-state index in [0.29, 0.717) is 5.92 Å². The van der Waals surface area contributed by atoms with E-state index in [4.69, 9.17) is 4.42 Å². The molecule has 2 aromatic heterocycles. The molecule has 3 nitrogen and oxygen atoms in total. The Balaban J connectivity index is 1.17. The molecule has 3 heteroatoms.